The highest BCUT2D eigenvalue weighted by Gasteiger charge is 2.48. The van der Waals surface area contributed by atoms with Crippen LogP contribution in [0.3, 0.4) is 0 Å². The number of benzene rings is 3. The number of rotatable bonds is 3. The van der Waals surface area contributed by atoms with Crippen molar-refractivity contribution in [3.05, 3.63) is 108 Å². The topological polar surface area (TPSA) is 42.0 Å². The minimum atomic E-state index is -1.08. The average Bonchev–Trinajstić information content (AvgIpc) is 3.02. The van der Waals surface area contributed by atoms with Gasteiger partial charge in [-0.25, -0.2) is 4.39 Å². The number of hydrogen-bond acceptors (Lipinski definition) is 3. The highest BCUT2D eigenvalue weighted by Crippen LogP contribution is 2.42. The predicted molar refractivity (Wildman–Crippen MR) is 108 cm³/mol. The van der Waals surface area contributed by atoms with Crippen molar-refractivity contribution in [1.82, 2.24) is 4.98 Å². The molecule has 0 radical (unpaired) electrons. The van der Waals surface area contributed by atoms with Crippen LogP contribution in [0.5, 0.6) is 0 Å². The highest BCUT2D eigenvalue weighted by atomic mass is 19.1. The van der Waals surface area contributed by atoms with Crippen LogP contribution in [-0.4, -0.2) is 10.8 Å². The lowest BCUT2D eigenvalue weighted by molar-refractivity contribution is 0.0912. The summed E-state index contributed by atoms with van der Waals surface area (Å²) in [5.74, 6) is -0.763. The van der Waals surface area contributed by atoms with Crippen LogP contribution in [0, 0.1) is 5.82 Å². The molecule has 1 atom stereocenters. The quantitative estimate of drug-likeness (QED) is 0.546. The molecule has 136 valence electrons. The Morgan fingerprint density at radius 1 is 0.857 bits per heavy atom. The summed E-state index contributed by atoms with van der Waals surface area (Å²) in [6, 6.07) is 26.0. The number of aromatic nitrogens is 1. The summed E-state index contributed by atoms with van der Waals surface area (Å²) in [5, 5.41) is 4.36. The number of carbonyl (C=O) groups is 1. The third-order valence-corrected chi connectivity index (χ3v) is 5.35. The van der Waals surface area contributed by atoms with Gasteiger partial charge >= 0.3 is 0 Å². The van der Waals surface area contributed by atoms with Gasteiger partial charge in [0.2, 0.25) is 0 Å². The SMILES string of the molecule is O=C1c2c(F)cccc2NC1(Cc1ccc2ccccc2n1)c1ccccc1. The van der Waals surface area contributed by atoms with Crippen LogP contribution in [0.2, 0.25) is 0 Å². The maximum atomic E-state index is 14.5. The molecule has 0 saturated carbocycles. The Morgan fingerprint density at radius 2 is 1.64 bits per heavy atom. The molecular formula is C24H17FN2O. The molecule has 1 aliphatic heterocycles. The number of halogens is 1. The minimum Gasteiger partial charge on any atom is -0.368 e. The zero-order valence-electron chi connectivity index (χ0n) is 15.0. The Bertz CT molecular complexity index is 1210. The van der Waals surface area contributed by atoms with E-state index in [4.69, 9.17) is 4.98 Å². The molecule has 0 aliphatic carbocycles. The van der Waals surface area contributed by atoms with Crippen molar-refractivity contribution in [3.8, 4) is 0 Å². The summed E-state index contributed by atoms with van der Waals surface area (Å²) in [4.78, 5) is 18.2. The molecule has 1 unspecified atom stereocenters. The molecular weight excluding hydrogens is 351 g/mol. The van der Waals surface area contributed by atoms with Crippen molar-refractivity contribution in [2.75, 3.05) is 5.32 Å². The van der Waals surface area contributed by atoms with Gasteiger partial charge in [0.25, 0.3) is 0 Å². The smallest absolute Gasteiger partial charge is 0.198 e. The average molecular weight is 368 g/mol. The van der Waals surface area contributed by atoms with Crippen molar-refractivity contribution in [2.24, 2.45) is 0 Å². The molecule has 0 bridgehead atoms. The van der Waals surface area contributed by atoms with Gasteiger partial charge in [-0.15, -0.1) is 0 Å². The summed E-state index contributed by atoms with van der Waals surface area (Å²) in [6.07, 6.45) is 0.328. The molecule has 3 nitrogen and oxygen atoms in total. The Hall–Kier alpha value is -3.53. The van der Waals surface area contributed by atoms with Crippen molar-refractivity contribution >= 4 is 22.4 Å². The van der Waals surface area contributed by atoms with E-state index in [9.17, 15) is 9.18 Å². The standard InChI is InChI=1S/C24H17FN2O/c25-19-10-6-12-21-22(19)23(28)24(27-21,17-8-2-1-3-9-17)15-18-14-13-16-7-4-5-11-20(16)26-18/h1-14,27H,15H2. The first-order chi connectivity index (χ1) is 13.7. The molecule has 2 heterocycles. The normalized spacial score (nSPS) is 18.1. The number of hydrogen-bond donors (Lipinski definition) is 1. The van der Waals surface area contributed by atoms with E-state index in [1.165, 1.54) is 6.07 Å². The molecule has 0 fully saturated rings. The lowest BCUT2D eigenvalue weighted by Gasteiger charge is -2.29. The second kappa shape index (κ2) is 6.27. The maximum absolute atomic E-state index is 14.5. The summed E-state index contributed by atoms with van der Waals surface area (Å²) in [6.45, 7) is 0. The molecule has 3 aromatic carbocycles. The summed E-state index contributed by atoms with van der Waals surface area (Å²) in [7, 11) is 0. The molecule has 28 heavy (non-hydrogen) atoms. The molecule has 1 N–H and O–H groups in total. The van der Waals surface area contributed by atoms with Gasteiger partial charge in [0.05, 0.1) is 11.1 Å². The first-order valence-electron chi connectivity index (χ1n) is 9.19. The van der Waals surface area contributed by atoms with E-state index < -0.39 is 11.4 Å². The predicted octanol–water partition coefficient (Wildman–Crippen LogP) is 5.12. The van der Waals surface area contributed by atoms with E-state index in [0.29, 0.717) is 12.1 Å². The van der Waals surface area contributed by atoms with Gasteiger partial charge in [-0.3, -0.25) is 9.78 Å². The van der Waals surface area contributed by atoms with E-state index >= 15 is 0 Å². The van der Waals surface area contributed by atoms with Crippen LogP contribution in [-0.2, 0) is 12.0 Å². The number of ketones is 1. The molecule has 1 aromatic heterocycles. The Labute approximate surface area is 161 Å². The molecule has 0 spiro atoms. The van der Waals surface area contributed by atoms with Gasteiger partial charge < -0.3 is 5.32 Å². The number of Topliss-reactive ketones (excluding diaryl/α,β-unsaturated/α-hetero) is 1. The first-order valence-corrected chi connectivity index (χ1v) is 9.19. The molecule has 0 amide bonds. The highest BCUT2D eigenvalue weighted by molar-refractivity contribution is 6.14. The summed E-state index contributed by atoms with van der Waals surface area (Å²) >= 11 is 0. The van der Waals surface area contributed by atoms with Crippen molar-refractivity contribution in [2.45, 2.75) is 12.0 Å². The van der Waals surface area contributed by atoms with E-state index in [1.807, 2.05) is 66.7 Å². The van der Waals surface area contributed by atoms with Gasteiger partial charge in [-0.1, -0.05) is 60.7 Å². The van der Waals surface area contributed by atoms with E-state index in [2.05, 4.69) is 5.32 Å². The van der Waals surface area contributed by atoms with Gasteiger partial charge in [0.15, 0.2) is 5.78 Å². The Balaban J connectivity index is 1.66. The van der Waals surface area contributed by atoms with Gasteiger partial charge in [0, 0.05) is 23.2 Å². The number of anilines is 1. The van der Waals surface area contributed by atoms with E-state index in [-0.39, 0.29) is 11.3 Å². The maximum Gasteiger partial charge on any atom is 0.198 e. The monoisotopic (exact) mass is 368 g/mol. The zero-order chi connectivity index (χ0) is 19.1. The minimum absolute atomic E-state index is 0.118. The fourth-order valence-corrected chi connectivity index (χ4v) is 3.99. The number of carbonyl (C=O) groups excluding carboxylic acids is 1. The fraction of sp³-hybridized carbons (Fsp3) is 0.0833. The van der Waals surface area contributed by atoms with Crippen LogP contribution in [0.1, 0.15) is 21.6 Å². The number of para-hydroxylation sites is 1. The Morgan fingerprint density at radius 3 is 2.46 bits per heavy atom. The Kier molecular flexibility index (Phi) is 3.72. The number of pyridine rings is 1. The van der Waals surface area contributed by atoms with E-state index in [0.717, 1.165) is 22.2 Å². The number of nitrogens with one attached hydrogen (secondary N) is 1. The zero-order valence-corrected chi connectivity index (χ0v) is 15.0. The van der Waals surface area contributed by atoms with Crippen LogP contribution in [0.4, 0.5) is 10.1 Å². The third kappa shape index (κ3) is 2.49. The lowest BCUT2D eigenvalue weighted by atomic mass is 9.81. The van der Waals surface area contributed by atoms with Gasteiger partial charge in [-0.2, -0.15) is 0 Å². The van der Waals surface area contributed by atoms with E-state index in [1.54, 1.807) is 12.1 Å². The number of nitrogens with zero attached hydrogens (tertiary/aromatic N) is 1. The van der Waals surface area contributed by atoms with Crippen molar-refractivity contribution < 1.29 is 9.18 Å². The van der Waals surface area contributed by atoms with Crippen molar-refractivity contribution in [1.29, 1.82) is 0 Å². The van der Waals surface area contributed by atoms with Crippen LogP contribution >= 0.6 is 0 Å². The summed E-state index contributed by atoms with van der Waals surface area (Å²) in [5.41, 5.74) is 2.00. The lowest BCUT2D eigenvalue weighted by Crippen LogP contribution is -2.41. The molecule has 5 rings (SSSR count). The van der Waals surface area contributed by atoms with Gasteiger partial charge in [-0.05, 0) is 29.8 Å². The molecule has 4 aromatic rings. The first kappa shape index (κ1) is 16.6. The molecule has 0 saturated heterocycles. The fourth-order valence-electron chi connectivity index (χ4n) is 3.99. The van der Waals surface area contributed by atoms with Gasteiger partial charge in [0.1, 0.15) is 11.4 Å². The molecule has 1 aliphatic rings. The van der Waals surface area contributed by atoms with Crippen LogP contribution in [0.25, 0.3) is 10.9 Å². The third-order valence-electron chi connectivity index (χ3n) is 5.35. The second-order valence-corrected chi connectivity index (χ2v) is 7.06. The molecule has 4 heteroatoms. The summed E-state index contributed by atoms with van der Waals surface area (Å²) < 4.78 is 14.5. The van der Waals surface area contributed by atoms with Crippen LogP contribution < -0.4 is 5.32 Å². The van der Waals surface area contributed by atoms with Crippen molar-refractivity contribution in [3.63, 3.8) is 0 Å². The van der Waals surface area contributed by atoms with Crippen LogP contribution in [0.15, 0.2) is 84.9 Å². The second-order valence-electron chi connectivity index (χ2n) is 7.06. The largest absolute Gasteiger partial charge is 0.368 e. The number of fused-ring (bicyclic) bond motifs is 2.